The number of hydrogen-bond donors (Lipinski definition) is 1. The Balaban J connectivity index is 2.01. The molecule has 0 spiro atoms. The lowest BCUT2D eigenvalue weighted by Gasteiger charge is -2.02. The third-order valence-corrected chi connectivity index (χ3v) is 3.16. The normalized spacial score (nSPS) is 10.7. The highest BCUT2D eigenvalue weighted by atomic mass is 32.1. The minimum Gasteiger partial charge on any atom is -0.326 e. The summed E-state index contributed by atoms with van der Waals surface area (Å²) in [6.45, 7) is 1.83. The molecule has 1 aromatic carbocycles. The highest BCUT2D eigenvalue weighted by Crippen LogP contribution is 2.17. The Labute approximate surface area is 110 Å². The summed E-state index contributed by atoms with van der Waals surface area (Å²) in [5.41, 5.74) is 1.68. The van der Waals surface area contributed by atoms with Crippen LogP contribution in [0.5, 0.6) is 0 Å². The molecule has 1 heterocycles. The van der Waals surface area contributed by atoms with Gasteiger partial charge in [-0.3, -0.25) is 9.79 Å². The third-order valence-electron chi connectivity index (χ3n) is 2.36. The van der Waals surface area contributed by atoms with E-state index >= 15 is 0 Å². The zero-order chi connectivity index (χ0) is 12.8. The maximum atomic E-state index is 11.2. The fraction of sp³-hybridized carbons (Fsp3) is 0.143. The molecule has 3 nitrogen and oxygen atoms in total. The van der Waals surface area contributed by atoms with E-state index in [1.807, 2.05) is 54.9 Å². The molecule has 0 saturated heterocycles. The van der Waals surface area contributed by atoms with Gasteiger partial charge in [0.2, 0.25) is 5.91 Å². The van der Waals surface area contributed by atoms with Crippen molar-refractivity contribution in [3.63, 3.8) is 0 Å². The van der Waals surface area contributed by atoms with Crippen LogP contribution in [0.4, 0.5) is 11.4 Å². The van der Waals surface area contributed by atoms with E-state index in [-0.39, 0.29) is 5.91 Å². The molecule has 18 heavy (non-hydrogen) atoms. The number of rotatable bonds is 4. The molecule has 92 valence electrons. The number of amides is 1. The second-order valence-electron chi connectivity index (χ2n) is 3.72. The number of carbonyl (C=O) groups is 1. The Morgan fingerprint density at radius 1 is 1.33 bits per heavy atom. The maximum Gasteiger partial charge on any atom is 0.224 e. The summed E-state index contributed by atoms with van der Waals surface area (Å²) in [5.74, 6) is 0.0184. The predicted molar refractivity (Wildman–Crippen MR) is 76.9 cm³/mol. The summed E-state index contributed by atoms with van der Waals surface area (Å²) in [6.07, 6.45) is 2.32. The average Bonchev–Trinajstić information content (AvgIpc) is 2.91. The monoisotopic (exact) mass is 258 g/mol. The van der Waals surface area contributed by atoms with Crippen molar-refractivity contribution in [2.45, 2.75) is 13.3 Å². The lowest BCUT2D eigenvalue weighted by atomic mass is 10.3. The van der Waals surface area contributed by atoms with Gasteiger partial charge in [-0.2, -0.15) is 0 Å². The zero-order valence-corrected chi connectivity index (χ0v) is 10.9. The SMILES string of the molecule is CCC(=O)Nc1ccc(N=Cc2cccs2)cc1. The fourth-order valence-corrected chi connectivity index (χ4v) is 1.97. The van der Waals surface area contributed by atoms with Crippen molar-refractivity contribution in [2.75, 3.05) is 5.32 Å². The largest absolute Gasteiger partial charge is 0.326 e. The van der Waals surface area contributed by atoms with Crippen LogP contribution < -0.4 is 5.32 Å². The standard InChI is InChI=1S/C14H14N2OS/c1-2-14(17)16-12-7-5-11(6-8-12)15-10-13-4-3-9-18-13/h3-10H,2H2,1H3,(H,16,17). The highest BCUT2D eigenvalue weighted by Gasteiger charge is 1.98. The number of nitrogens with one attached hydrogen (secondary N) is 1. The molecule has 1 N–H and O–H groups in total. The summed E-state index contributed by atoms with van der Waals surface area (Å²) in [6, 6.07) is 11.5. The Kier molecular flexibility index (Phi) is 4.25. The van der Waals surface area contributed by atoms with E-state index in [1.165, 1.54) is 0 Å². The molecule has 0 aliphatic heterocycles. The number of anilines is 1. The first-order valence-corrected chi connectivity index (χ1v) is 6.63. The minimum atomic E-state index is 0.0184. The van der Waals surface area contributed by atoms with E-state index in [1.54, 1.807) is 11.3 Å². The number of benzene rings is 1. The number of carbonyl (C=O) groups excluding carboxylic acids is 1. The second kappa shape index (κ2) is 6.12. The van der Waals surface area contributed by atoms with Crippen LogP contribution >= 0.6 is 11.3 Å². The van der Waals surface area contributed by atoms with Gasteiger partial charge in [-0.1, -0.05) is 13.0 Å². The van der Waals surface area contributed by atoms with Crippen LogP contribution in [0.1, 0.15) is 18.2 Å². The number of hydrogen-bond acceptors (Lipinski definition) is 3. The van der Waals surface area contributed by atoms with Crippen molar-refractivity contribution in [1.29, 1.82) is 0 Å². The van der Waals surface area contributed by atoms with Crippen molar-refractivity contribution >= 4 is 34.8 Å². The van der Waals surface area contributed by atoms with Gasteiger partial charge in [0.25, 0.3) is 0 Å². The molecule has 4 heteroatoms. The second-order valence-corrected chi connectivity index (χ2v) is 4.70. The van der Waals surface area contributed by atoms with Crippen LogP contribution in [0.3, 0.4) is 0 Å². The molecule has 1 aromatic heterocycles. The molecular formula is C14H14N2OS. The van der Waals surface area contributed by atoms with E-state index < -0.39 is 0 Å². The first-order chi connectivity index (χ1) is 8.78. The Morgan fingerprint density at radius 2 is 2.11 bits per heavy atom. The first-order valence-electron chi connectivity index (χ1n) is 5.75. The summed E-state index contributed by atoms with van der Waals surface area (Å²) < 4.78 is 0. The molecule has 1 amide bonds. The lowest BCUT2D eigenvalue weighted by molar-refractivity contribution is -0.115. The molecule has 0 saturated carbocycles. The Morgan fingerprint density at radius 3 is 2.72 bits per heavy atom. The van der Waals surface area contributed by atoms with Crippen LogP contribution in [-0.4, -0.2) is 12.1 Å². The molecule has 0 unspecified atom stereocenters. The molecule has 0 radical (unpaired) electrons. The van der Waals surface area contributed by atoms with Crippen LogP contribution in [0.25, 0.3) is 0 Å². The van der Waals surface area contributed by atoms with Crippen LogP contribution in [0.15, 0.2) is 46.8 Å². The number of nitrogens with zero attached hydrogens (tertiary/aromatic N) is 1. The van der Waals surface area contributed by atoms with Crippen molar-refractivity contribution in [3.05, 3.63) is 46.7 Å². The molecule has 2 aromatic rings. The fourth-order valence-electron chi connectivity index (χ4n) is 1.38. The Hall–Kier alpha value is -1.94. The predicted octanol–water partition coefficient (Wildman–Crippen LogP) is 3.85. The first kappa shape index (κ1) is 12.5. The molecule has 2 rings (SSSR count). The van der Waals surface area contributed by atoms with Gasteiger partial charge < -0.3 is 5.32 Å². The van der Waals surface area contributed by atoms with Gasteiger partial charge in [0, 0.05) is 23.2 Å². The van der Waals surface area contributed by atoms with Crippen LogP contribution in [0.2, 0.25) is 0 Å². The van der Waals surface area contributed by atoms with Crippen molar-refractivity contribution in [3.8, 4) is 0 Å². The zero-order valence-electron chi connectivity index (χ0n) is 10.1. The van der Waals surface area contributed by atoms with E-state index in [4.69, 9.17) is 0 Å². The highest BCUT2D eigenvalue weighted by molar-refractivity contribution is 7.11. The van der Waals surface area contributed by atoms with Gasteiger partial charge in [-0.05, 0) is 35.7 Å². The van der Waals surface area contributed by atoms with Gasteiger partial charge >= 0.3 is 0 Å². The third kappa shape index (κ3) is 3.53. The lowest BCUT2D eigenvalue weighted by Crippen LogP contribution is -2.08. The van der Waals surface area contributed by atoms with E-state index in [0.717, 1.165) is 16.3 Å². The van der Waals surface area contributed by atoms with Crippen LogP contribution in [-0.2, 0) is 4.79 Å². The van der Waals surface area contributed by atoms with Crippen molar-refractivity contribution in [2.24, 2.45) is 4.99 Å². The van der Waals surface area contributed by atoms with Crippen molar-refractivity contribution in [1.82, 2.24) is 0 Å². The molecule has 0 bridgehead atoms. The molecule has 0 aliphatic carbocycles. The molecule has 0 aliphatic rings. The topological polar surface area (TPSA) is 41.5 Å². The van der Waals surface area contributed by atoms with Gasteiger partial charge in [-0.25, -0.2) is 0 Å². The molecule has 0 fully saturated rings. The maximum absolute atomic E-state index is 11.2. The quantitative estimate of drug-likeness (QED) is 0.831. The summed E-state index contributed by atoms with van der Waals surface area (Å²) in [7, 11) is 0. The number of thiophene rings is 1. The smallest absolute Gasteiger partial charge is 0.224 e. The van der Waals surface area contributed by atoms with E-state index in [2.05, 4.69) is 10.3 Å². The Bertz CT molecular complexity index is 529. The minimum absolute atomic E-state index is 0.0184. The van der Waals surface area contributed by atoms with Crippen LogP contribution in [0, 0.1) is 0 Å². The summed E-state index contributed by atoms with van der Waals surface area (Å²) in [4.78, 5) is 16.7. The van der Waals surface area contributed by atoms with E-state index in [9.17, 15) is 4.79 Å². The van der Waals surface area contributed by atoms with Gasteiger partial charge in [0.15, 0.2) is 0 Å². The van der Waals surface area contributed by atoms with Crippen molar-refractivity contribution < 1.29 is 4.79 Å². The molecular weight excluding hydrogens is 244 g/mol. The summed E-state index contributed by atoms with van der Waals surface area (Å²) >= 11 is 1.65. The van der Waals surface area contributed by atoms with Gasteiger partial charge in [-0.15, -0.1) is 11.3 Å². The average molecular weight is 258 g/mol. The summed E-state index contributed by atoms with van der Waals surface area (Å²) in [5, 5.41) is 4.82. The van der Waals surface area contributed by atoms with E-state index in [0.29, 0.717) is 6.42 Å². The van der Waals surface area contributed by atoms with Gasteiger partial charge in [0.05, 0.1) is 5.69 Å². The number of aliphatic imine (C=N–C) groups is 1. The van der Waals surface area contributed by atoms with Gasteiger partial charge in [0.1, 0.15) is 0 Å². The molecule has 0 atom stereocenters.